The van der Waals surface area contributed by atoms with Crippen LogP contribution >= 0.6 is 11.6 Å². The summed E-state index contributed by atoms with van der Waals surface area (Å²) in [6.45, 7) is 0. The number of oxazole rings is 1. The van der Waals surface area contributed by atoms with Gasteiger partial charge in [-0.2, -0.15) is 0 Å². The maximum absolute atomic E-state index is 10.8. The summed E-state index contributed by atoms with van der Waals surface area (Å²) >= 11 is 5.74. The number of H-pyrrole nitrogens is 1. The van der Waals surface area contributed by atoms with E-state index < -0.39 is 5.76 Å². The van der Waals surface area contributed by atoms with Gasteiger partial charge in [0.1, 0.15) is 0 Å². The molecule has 0 aliphatic rings. The van der Waals surface area contributed by atoms with Crippen molar-refractivity contribution >= 4 is 11.6 Å². The lowest BCUT2D eigenvalue weighted by Gasteiger charge is -1.96. The minimum Gasteiger partial charge on any atom is -0.492 e. The van der Waals surface area contributed by atoms with Crippen molar-refractivity contribution in [3.05, 3.63) is 39.8 Å². The van der Waals surface area contributed by atoms with Crippen LogP contribution in [0.1, 0.15) is 0 Å². The predicted molar refractivity (Wildman–Crippen MR) is 51.4 cm³/mol. The van der Waals surface area contributed by atoms with E-state index in [1.807, 2.05) is 0 Å². The van der Waals surface area contributed by atoms with E-state index in [9.17, 15) is 9.90 Å². The third-order valence-electron chi connectivity index (χ3n) is 1.72. The van der Waals surface area contributed by atoms with E-state index in [0.29, 0.717) is 10.6 Å². The van der Waals surface area contributed by atoms with E-state index in [4.69, 9.17) is 16.0 Å². The quantitative estimate of drug-likeness (QED) is 0.758. The highest BCUT2D eigenvalue weighted by Crippen LogP contribution is 2.27. The van der Waals surface area contributed by atoms with E-state index in [-0.39, 0.29) is 11.6 Å². The molecule has 0 amide bonds. The number of halogens is 1. The molecule has 1 aromatic carbocycles. The standard InChI is InChI=1S/C9H6ClNO3/c10-6-3-1-2-5(4-6)7-8(12)11-9(13)14-7/h1-4,12H,(H,11,13). The molecule has 2 N–H and O–H groups in total. The van der Waals surface area contributed by atoms with Gasteiger partial charge in [0, 0.05) is 10.6 Å². The van der Waals surface area contributed by atoms with Gasteiger partial charge in [0.25, 0.3) is 0 Å². The molecule has 1 heterocycles. The fraction of sp³-hybridized carbons (Fsp3) is 0. The fourth-order valence-corrected chi connectivity index (χ4v) is 1.34. The number of aromatic nitrogens is 1. The van der Waals surface area contributed by atoms with Gasteiger partial charge in [-0.1, -0.05) is 23.7 Å². The van der Waals surface area contributed by atoms with Crippen LogP contribution in [0.2, 0.25) is 5.02 Å². The molecule has 2 rings (SSSR count). The van der Waals surface area contributed by atoms with Crippen molar-refractivity contribution in [3.63, 3.8) is 0 Å². The number of hydrogen-bond donors (Lipinski definition) is 2. The zero-order chi connectivity index (χ0) is 10.1. The van der Waals surface area contributed by atoms with E-state index in [0.717, 1.165) is 0 Å². The van der Waals surface area contributed by atoms with Gasteiger partial charge in [-0.3, -0.25) is 4.98 Å². The van der Waals surface area contributed by atoms with Crippen molar-refractivity contribution < 1.29 is 9.52 Å². The summed E-state index contributed by atoms with van der Waals surface area (Å²) in [5.74, 6) is -0.896. The van der Waals surface area contributed by atoms with Gasteiger partial charge in [-0.05, 0) is 12.1 Å². The second-order valence-corrected chi connectivity index (χ2v) is 3.14. The normalized spacial score (nSPS) is 10.4. The smallest absolute Gasteiger partial charge is 0.419 e. The zero-order valence-corrected chi connectivity index (χ0v) is 7.71. The Morgan fingerprint density at radius 3 is 2.79 bits per heavy atom. The average molecular weight is 212 g/mol. The summed E-state index contributed by atoms with van der Waals surface area (Å²) in [5, 5.41) is 9.79. The van der Waals surface area contributed by atoms with Crippen LogP contribution in [0.5, 0.6) is 5.88 Å². The highest BCUT2D eigenvalue weighted by molar-refractivity contribution is 6.30. The highest BCUT2D eigenvalue weighted by Gasteiger charge is 2.10. The molecule has 1 aromatic heterocycles. The first-order valence-electron chi connectivity index (χ1n) is 3.85. The van der Waals surface area contributed by atoms with Crippen LogP contribution in [0.4, 0.5) is 0 Å². The van der Waals surface area contributed by atoms with E-state index in [1.54, 1.807) is 24.3 Å². The topological polar surface area (TPSA) is 66.2 Å². The van der Waals surface area contributed by atoms with Crippen LogP contribution in [-0.4, -0.2) is 10.1 Å². The molecule has 14 heavy (non-hydrogen) atoms. The molecule has 2 aromatic rings. The fourth-order valence-electron chi connectivity index (χ4n) is 1.15. The van der Waals surface area contributed by atoms with Gasteiger partial charge in [0.05, 0.1) is 0 Å². The molecule has 0 atom stereocenters. The molecule has 0 aliphatic carbocycles. The highest BCUT2D eigenvalue weighted by atomic mass is 35.5. The van der Waals surface area contributed by atoms with E-state index >= 15 is 0 Å². The maximum atomic E-state index is 10.8. The Bertz CT molecular complexity index is 515. The Labute approximate surface area is 83.8 Å². The molecule has 0 unspecified atom stereocenters. The first-order chi connectivity index (χ1) is 6.66. The van der Waals surface area contributed by atoms with Gasteiger partial charge in [0.15, 0.2) is 5.76 Å². The molecule has 0 aliphatic heterocycles. The van der Waals surface area contributed by atoms with Crippen LogP contribution in [0, 0.1) is 0 Å². The van der Waals surface area contributed by atoms with Gasteiger partial charge < -0.3 is 9.52 Å². The summed E-state index contributed by atoms with van der Waals surface area (Å²) < 4.78 is 4.74. The number of aromatic amines is 1. The summed E-state index contributed by atoms with van der Waals surface area (Å²) in [7, 11) is 0. The van der Waals surface area contributed by atoms with Crippen molar-refractivity contribution in [2.24, 2.45) is 0 Å². The molecule has 0 spiro atoms. The maximum Gasteiger partial charge on any atom is 0.419 e. The number of benzene rings is 1. The lowest BCUT2D eigenvalue weighted by atomic mass is 10.2. The van der Waals surface area contributed by atoms with Crippen molar-refractivity contribution in [1.29, 1.82) is 0 Å². The third-order valence-corrected chi connectivity index (χ3v) is 1.95. The Morgan fingerprint density at radius 1 is 1.43 bits per heavy atom. The molecule has 0 saturated heterocycles. The Hall–Kier alpha value is -1.68. The van der Waals surface area contributed by atoms with Crippen molar-refractivity contribution in [3.8, 4) is 17.2 Å². The largest absolute Gasteiger partial charge is 0.492 e. The second kappa shape index (κ2) is 3.23. The van der Waals surface area contributed by atoms with Crippen LogP contribution in [0.25, 0.3) is 11.3 Å². The van der Waals surface area contributed by atoms with Gasteiger partial charge in [-0.15, -0.1) is 0 Å². The summed E-state index contributed by atoms with van der Waals surface area (Å²) in [6, 6.07) is 6.65. The van der Waals surface area contributed by atoms with E-state index in [1.165, 1.54) is 0 Å². The number of hydrogen-bond acceptors (Lipinski definition) is 3. The van der Waals surface area contributed by atoms with Crippen LogP contribution in [0.3, 0.4) is 0 Å². The number of rotatable bonds is 1. The average Bonchev–Trinajstić information content (AvgIpc) is 2.45. The van der Waals surface area contributed by atoms with Crippen molar-refractivity contribution in [1.82, 2.24) is 4.98 Å². The SMILES string of the molecule is O=c1[nH]c(O)c(-c2cccc(Cl)c2)o1. The molecule has 4 nitrogen and oxygen atoms in total. The van der Waals surface area contributed by atoms with Gasteiger partial charge in [0.2, 0.25) is 5.88 Å². The van der Waals surface area contributed by atoms with Crippen molar-refractivity contribution in [2.45, 2.75) is 0 Å². The molecular weight excluding hydrogens is 206 g/mol. The van der Waals surface area contributed by atoms with Crippen LogP contribution < -0.4 is 5.76 Å². The van der Waals surface area contributed by atoms with E-state index in [2.05, 4.69) is 4.98 Å². The first kappa shape index (κ1) is 8.90. The minimum atomic E-state index is -0.697. The number of aromatic hydroxyl groups is 1. The summed E-state index contributed by atoms with van der Waals surface area (Å²) in [5.41, 5.74) is 0.549. The predicted octanol–water partition coefficient (Wildman–Crippen LogP) is 1.99. The second-order valence-electron chi connectivity index (χ2n) is 2.70. The zero-order valence-electron chi connectivity index (χ0n) is 6.95. The number of nitrogens with one attached hydrogen (secondary N) is 1. The Morgan fingerprint density at radius 2 is 2.21 bits per heavy atom. The minimum absolute atomic E-state index is 0.0949. The third kappa shape index (κ3) is 1.52. The summed E-state index contributed by atoms with van der Waals surface area (Å²) in [6.07, 6.45) is 0. The van der Waals surface area contributed by atoms with Crippen molar-refractivity contribution in [2.75, 3.05) is 0 Å². The Kier molecular flexibility index (Phi) is 2.05. The Balaban J connectivity index is 2.59. The van der Waals surface area contributed by atoms with Gasteiger partial charge >= 0.3 is 5.76 Å². The van der Waals surface area contributed by atoms with Gasteiger partial charge in [-0.25, -0.2) is 4.79 Å². The molecule has 0 fully saturated rings. The van der Waals surface area contributed by atoms with Crippen LogP contribution in [-0.2, 0) is 0 Å². The lowest BCUT2D eigenvalue weighted by molar-refractivity contribution is 0.452. The lowest BCUT2D eigenvalue weighted by Crippen LogP contribution is -1.92. The molecule has 0 radical (unpaired) electrons. The molecule has 5 heteroatoms. The monoisotopic (exact) mass is 211 g/mol. The van der Waals surface area contributed by atoms with Crippen LogP contribution in [0.15, 0.2) is 33.5 Å². The molecule has 72 valence electrons. The summed E-state index contributed by atoms with van der Waals surface area (Å²) in [4.78, 5) is 12.9. The molecular formula is C9H6ClNO3. The first-order valence-corrected chi connectivity index (χ1v) is 4.22. The molecule has 0 bridgehead atoms. The molecule has 0 saturated carbocycles.